The van der Waals surface area contributed by atoms with Gasteiger partial charge in [0.15, 0.2) is 0 Å². The molecule has 0 aliphatic carbocycles. The Hall–Kier alpha value is -2.82. The van der Waals surface area contributed by atoms with Crippen LogP contribution in [0.3, 0.4) is 0 Å². The van der Waals surface area contributed by atoms with Crippen LogP contribution in [0.1, 0.15) is 49.5 Å². The lowest BCUT2D eigenvalue weighted by Gasteiger charge is -2.29. The molecule has 0 atom stereocenters. The molecule has 148 valence electrons. The molecule has 0 radical (unpaired) electrons. The van der Waals surface area contributed by atoms with Crippen molar-refractivity contribution < 1.29 is 14.3 Å². The van der Waals surface area contributed by atoms with Gasteiger partial charge >= 0.3 is 5.97 Å². The number of rotatable bonds is 5. The van der Waals surface area contributed by atoms with E-state index in [0.717, 1.165) is 23.4 Å². The van der Waals surface area contributed by atoms with Crippen molar-refractivity contribution >= 4 is 23.3 Å². The van der Waals surface area contributed by atoms with Gasteiger partial charge in [0.25, 0.3) is 0 Å². The van der Waals surface area contributed by atoms with E-state index in [1.54, 1.807) is 11.0 Å². The van der Waals surface area contributed by atoms with Crippen LogP contribution in [-0.2, 0) is 16.1 Å². The quantitative estimate of drug-likeness (QED) is 0.721. The number of carbonyl (C=O) groups is 2. The summed E-state index contributed by atoms with van der Waals surface area (Å²) in [4.78, 5) is 29.1. The fraction of sp³-hybridized carbons (Fsp3) is 0.391. The number of esters is 1. The second-order valence-electron chi connectivity index (χ2n) is 8.17. The number of para-hydroxylation sites is 1. The minimum atomic E-state index is -0.591. The van der Waals surface area contributed by atoms with Gasteiger partial charge in [0.2, 0.25) is 5.91 Å². The van der Waals surface area contributed by atoms with Gasteiger partial charge in [-0.3, -0.25) is 4.79 Å². The maximum Gasteiger partial charge on any atom is 0.340 e. The van der Waals surface area contributed by atoms with Gasteiger partial charge in [-0.1, -0.05) is 36.4 Å². The smallest absolute Gasteiger partial charge is 0.340 e. The standard InChI is InChI=1S/C23H28N2O3/c1-23(2,3)28-22(27)18-12-8-13-19(25-15-9-14-20(25)26)21(18)24(4)16-17-10-6-5-7-11-17/h5-8,10-13H,9,14-16H2,1-4H3. The van der Waals surface area contributed by atoms with Crippen LogP contribution in [0.15, 0.2) is 48.5 Å². The van der Waals surface area contributed by atoms with Gasteiger partial charge in [0, 0.05) is 26.6 Å². The molecule has 3 rings (SSSR count). The van der Waals surface area contributed by atoms with Crippen LogP contribution in [0.2, 0.25) is 0 Å². The van der Waals surface area contributed by atoms with Crippen molar-refractivity contribution in [2.75, 3.05) is 23.4 Å². The third kappa shape index (κ3) is 4.53. The van der Waals surface area contributed by atoms with E-state index in [1.165, 1.54) is 0 Å². The number of benzene rings is 2. The molecule has 0 aromatic heterocycles. The molecule has 5 heteroatoms. The summed E-state index contributed by atoms with van der Waals surface area (Å²) in [6.07, 6.45) is 1.37. The number of amides is 1. The van der Waals surface area contributed by atoms with E-state index >= 15 is 0 Å². The molecule has 5 nitrogen and oxygen atoms in total. The van der Waals surface area contributed by atoms with Crippen LogP contribution in [0.4, 0.5) is 11.4 Å². The third-order valence-electron chi connectivity index (χ3n) is 4.64. The number of hydrogen-bond acceptors (Lipinski definition) is 4. The van der Waals surface area contributed by atoms with Gasteiger partial charge in [0.05, 0.1) is 16.9 Å². The first kappa shape index (κ1) is 19.9. The highest BCUT2D eigenvalue weighted by atomic mass is 16.6. The van der Waals surface area contributed by atoms with E-state index in [2.05, 4.69) is 0 Å². The fourth-order valence-corrected chi connectivity index (χ4v) is 3.49. The zero-order valence-corrected chi connectivity index (χ0v) is 17.1. The molecule has 2 aromatic rings. The van der Waals surface area contributed by atoms with Gasteiger partial charge in [-0.25, -0.2) is 4.79 Å². The lowest BCUT2D eigenvalue weighted by Crippen LogP contribution is -2.30. The molecule has 1 saturated heterocycles. The van der Waals surface area contributed by atoms with Gasteiger partial charge in [0.1, 0.15) is 5.60 Å². The summed E-state index contributed by atoms with van der Waals surface area (Å²) in [5.41, 5.74) is 2.51. The first-order chi connectivity index (χ1) is 13.3. The highest BCUT2D eigenvalue weighted by Crippen LogP contribution is 2.36. The van der Waals surface area contributed by atoms with Crippen molar-refractivity contribution in [3.05, 3.63) is 59.7 Å². The van der Waals surface area contributed by atoms with Crippen LogP contribution in [0.25, 0.3) is 0 Å². The monoisotopic (exact) mass is 380 g/mol. The molecule has 0 unspecified atom stereocenters. The van der Waals surface area contributed by atoms with E-state index in [1.807, 2.05) is 75.2 Å². The van der Waals surface area contributed by atoms with Crippen LogP contribution < -0.4 is 9.80 Å². The molecule has 0 bridgehead atoms. The summed E-state index contributed by atoms with van der Waals surface area (Å²) < 4.78 is 5.64. The number of hydrogen-bond donors (Lipinski definition) is 0. The Bertz CT molecular complexity index is 856. The summed E-state index contributed by atoms with van der Waals surface area (Å²) in [5.74, 6) is -0.286. The Morgan fingerprint density at radius 3 is 2.43 bits per heavy atom. The zero-order valence-electron chi connectivity index (χ0n) is 17.1. The lowest BCUT2D eigenvalue weighted by atomic mass is 10.1. The van der Waals surface area contributed by atoms with Crippen molar-refractivity contribution in [3.8, 4) is 0 Å². The van der Waals surface area contributed by atoms with E-state index in [0.29, 0.717) is 25.1 Å². The molecule has 1 fully saturated rings. The first-order valence-corrected chi connectivity index (χ1v) is 9.68. The number of anilines is 2. The van der Waals surface area contributed by atoms with Crippen molar-refractivity contribution in [3.63, 3.8) is 0 Å². The van der Waals surface area contributed by atoms with Crippen LogP contribution in [0.5, 0.6) is 0 Å². The highest BCUT2D eigenvalue weighted by molar-refractivity contribution is 6.05. The van der Waals surface area contributed by atoms with Crippen molar-refractivity contribution in [2.24, 2.45) is 0 Å². The maximum atomic E-state index is 12.9. The van der Waals surface area contributed by atoms with Gasteiger partial charge in [-0.2, -0.15) is 0 Å². The van der Waals surface area contributed by atoms with E-state index < -0.39 is 5.60 Å². The van der Waals surface area contributed by atoms with Gasteiger partial charge < -0.3 is 14.5 Å². The van der Waals surface area contributed by atoms with Gasteiger partial charge in [-0.15, -0.1) is 0 Å². The topological polar surface area (TPSA) is 49.9 Å². The molecule has 0 spiro atoms. The Kier molecular flexibility index (Phi) is 5.73. The Morgan fingerprint density at radius 2 is 1.82 bits per heavy atom. The van der Waals surface area contributed by atoms with Gasteiger partial charge in [-0.05, 0) is 44.9 Å². The molecule has 28 heavy (non-hydrogen) atoms. The SMILES string of the molecule is CN(Cc1ccccc1)c1c(C(=O)OC(C)(C)C)cccc1N1CCCC1=O. The average molecular weight is 380 g/mol. The predicted octanol–water partition coefficient (Wildman–Crippen LogP) is 4.41. The molecule has 2 aromatic carbocycles. The fourth-order valence-electron chi connectivity index (χ4n) is 3.49. The normalized spacial score (nSPS) is 14.3. The third-order valence-corrected chi connectivity index (χ3v) is 4.64. The highest BCUT2D eigenvalue weighted by Gasteiger charge is 2.29. The Morgan fingerprint density at radius 1 is 1.11 bits per heavy atom. The molecular formula is C23H28N2O3. The molecule has 0 saturated carbocycles. The minimum absolute atomic E-state index is 0.0932. The second-order valence-corrected chi connectivity index (χ2v) is 8.17. The lowest BCUT2D eigenvalue weighted by molar-refractivity contribution is -0.117. The number of carbonyl (C=O) groups excluding carboxylic acids is 2. The molecule has 1 aliphatic heterocycles. The average Bonchev–Trinajstić information content (AvgIpc) is 3.06. The van der Waals surface area contributed by atoms with E-state index in [4.69, 9.17) is 4.74 Å². The maximum absolute atomic E-state index is 12.9. The number of ether oxygens (including phenoxy) is 1. The van der Waals surface area contributed by atoms with Crippen molar-refractivity contribution in [1.82, 2.24) is 0 Å². The Labute approximate surface area is 166 Å². The van der Waals surface area contributed by atoms with Crippen molar-refractivity contribution in [1.29, 1.82) is 0 Å². The summed E-state index contributed by atoms with van der Waals surface area (Å²) in [5, 5.41) is 0. The van der Waals surface area contributed by atoms with E-state index in [9.17, 15) is 9.59 Å². The molecule has 0 N–H and O–H groups in total. The minimum Gasteiger partial charge on any atom is -0.456 e. The summed E-state index contributed by atoms with van der Waals surface area (Å²) in [6.45, 7) is 6.85. The molecule has 1 amide bonds. The number of nitrogens with zero attached hydrogens (tertiary/aromatic N) is 2. The van der Waals surface area contributed by atoms with Crippen LogP contribution in [-0.4, -0.2) is 31.1 Å². The summed E-state index contributed by atoms with van der Waals surface area (Å²) >= 11 is 0. The predicted molar refractivity (Wildman–Crippen MR) is 112 cm³/mol. The second kappa shape index (κ2) is 8.05. The summed E-state index contributed by atoms with van der Waals surface area (Å²) in [6, 6.07) is 15.6. The first-order valence-electron chi connectivity index (χ1n) is 9.68. The zero-order chi connectivity index (χ0) is 20.3. The summed E-state index contributed by atoms with van der Waals surface area (Å²) in [7, 11) is 1.94. The largest absolute Gasteiger partial charge is 0.456 e. The molecule has 1 heterocycles. The van der Waals surface area contributed by atoms with E-state index in [-0.39, 0.29) is 11.9 Å². The van der Waals surface area contributed by atoms with Crippen LogP contribution in [0, 0.1) is 0 Å². The van der Waals surface area contributed by atoms with Crippen LogP contribution >= 0.6 is 0 Å². The molecular weight excluding hydrogens is 352 g/mol. The Balaban J connectivity index is 2.04. The molecule has 1 aliphatic rings. The van der Waals surface area contributed by atoms with Crippen molar-refractivity contribution in [2.45, 2.75) is 45.8 Å².